The summed E-state index contributed by atoms with van der Waals surface area (Å²) in [7, 11) is 0. The van der Waals surface area contributed by atoms with Crippen LogP contribution in [0.3, 0.4) is 0 Å². The number of aliphatic carboxylic acids is 1. The van der Waals surface area contributed by atoms with Gasteiger partial charge in [-0.25, -0.2) is 0 Å². The number of primary amides is 1. The monoisotopic (exact) mass is 198 g/mol. The molecule has 14 heavy (non-hydrogen) atoms. The van der Waals surface area contributed by atoms with Crippen molar-refractivity contribution in [2.45, 2.75) is 33.6 Å². The van der Waals surface area contributed by atoms with E-state index in [0.717, 1.165) is 0 Å². The molecule has 0 radical (unpaired) electrons. The lowest BCUT2D eigenvalue weighted by atomic mass is 9.65. The SMILES string of the molecule is CC1(C)[C@@H](C(N)=O)CC[C@@]1(C)C(=O)[O-]. The quantitative estimate of drug-likeness (QED) is 0.659. The molecule has 1 aliphatic rings. The van der Waals surface area contributed by atoms with Gasteiger partial charge in [0, 0.05) is 17.3 Å². The van der Waals surface area contributed by atoms with Gasteiger partial charge in [0.15, 0.2) is 0 Å². The summed E-state index contributed by atoms with van der Waals surface area (Å²) in [6, 6.07) is 0. The van der Waals surface area contributed by atoms with Crippen LogP contribution in [0, 0.1) is 16.7 Å². The number of carbonyl (C=O) groups excluding carboxylic acids is 2. The summed E-state index contributed by atoms with van der Waals surface area (Å²) >= 11 is 0. The molecule has 4 nitrogen and oxygen atoms in total. The minimum Gasteiger partial charge on any atom is -0.550 e. The Morgan fingerprint density at radius 3 is 2.07 bits per heavy atom. The molecule has 0 aliphatic heterocycles. The second kappa shape index (κ2) is 2.97. The van der Waals surface area contributed by atoms with Gasteiger partial charge in [-0.1, -0.05) is 20.8 Å². The van der Waals surface area contributed by atoms with Crippen molar-refractivity contribution in [2.24, 2.45) is 22.5 Å². The molecule has 0 heterocycles. The summed E-state index contributed by atoms with van der Waals surface area (Å²) in [5.74, 6) is -1.88. The maximum Gasteiger partial charge on any atom is 0.221 e. The molecule has 0 aromatic rings. The molecule has 2 N–H and O–H groups in total. The van der Waals surface area contributed by atoms with Crippen LogP contribution in [0.5, 0.6) is 0 Å². The first kappa shape index (κ1) is 11.0. The number of rotatable bonds is 2. The summed E-state index contributed by atoms with van der Waals surface area (Å²) in [5.41, 5.74) is 3.66. The standard InChI is InChI=1S/C10H17NO3/c1-9(2)6(7(11)12)4-5-10(9,3)8(13)14/h6H,4-5H2,1-3H3,(H2,11,12)(H,13,14)/p-1/t6-,10+/m1/s1. The average Bonchev–Trinajstić information content (AvgIpc) is 2.24. The molecule has 1 saturated carbocycles. The van der Waals surface area contributed by atoms with Gasteiger partial charge in [-0.15, -0.1) is 0 Å². The first-order valence-corrected chi connectivity index (χ1v) is 4.74. The van der Waals surface area contributed by atoms with Crippen molar-refractivity contribution in [3.8, 4) is 0 Å². The number of hydrogen-bond donors (Lipinski definition) is 1. The van der Waals surface area contributed by atoms with E-state index in [-0.39, 0.29) is 5.92 Å². The van der Waals surface area contributed by atoms with E-state index in [1.807, 2.05) is 0 Å². The lowest BCUT2D eigenvalue weighted by Crippen LogP contribution is -2.49. The second-order valence-electron chi connectivity index (χ2n) is 4.83. The molecular formula is C10H16NO3-. The van der Waals surface area contributed by atoms with Gasteiger partial charge in [-0.05, 0) is 18.3 Å². The molecule has 80 valence electrons. The smallest absolute Gasteiger partial charge is 0.221 e. The summed E-state index contributed by atoms with van der Waals surface area (Å²) in [4.78, 5) is 22.2. The third kappa shape index (κ3) is 1.21. The number of carbonyl (C=O) groups is 2. The maximum atomic E-state index is 11.1. The number of carboxylic acids is 1. The van der Waals surface area contributed by atoms with E-state index in [1.54, 1.807) is 20.8 Å². The van der Waals surface area contributed by atoms with Crippen LogP contribution in [0.4, 0.5) is 0 Å². The van der Waals surface area contributed by atoms with Gasteiger partial charge in [0.05, 0.1) is 0 Å². The molecule has 4 heteroatoms. The van der Waals surface area contributed by atoms with E-state index in [1.165, 1.54) is 0 Å². The van der Waals surface area contributed by atoms with Crippen molar-refractivity contribution in [1.82, 2.24) is 0 Å². The van der Waals surface area contributed by atoms with Crippen molar-refractivity contribution >= 4 is 11.9 Å². The fourth-order valence-corrected chi connectivity index (χ4v) is 2.36. The van der Waals surface area contributed by atoms with E-state index < -0.39 is 22.7 Å². The Morgan fingerprint density at radius 2 is 1.86 bits per heavy atom. The second-order valence-corrected chi connectivity index (χ2v) is 4.83. The summed E-state index contributed by atoms with van der Waals surface area (Å²) in [5, 5.41) is 11.0. The normalized spacial score (nSPS) is 35.5. The molecule has 1 rings (SSSR count). The molecule has 0 unspecified atom stereocenters. The number of amides is 1. The maximum absolute atomic E-state index is 11.1. The molecule has 0 spiro atoms. The lowest BCUT2D eigenvalue weighted by Gasteiger charge is -2.41. The van der Waals surface area contributed by atoms with Gasteiger partial charge < -0.3 is 15.6 Å². The topological polar surface area (TPSA) is 83.2 Å². The Kier molecular flexibility index (Phi) is 2.34. The van der Waals surface area contributed by atoms with Crippen LogP contribution in [0.2, 0.25) is 0 Å². The highest BCUT2D eigenvalue weighted by Gasteiger charge is 2.54. The van der Waals surface area contributed by atoms with Crippen LogP contribution in [0.1, 0.15) is 33.6 Å². The van der Waals surface area contributed by atoms with Crippen LogP contribution in [0.15, 0.2) is 0 Å². The van der Waals surface area contributed by atoms with E-state index in [9.17, 15) is 14.7 Å². The van der Waals surface area contributed by atoms with E-state index in [2.05, 4.69) is 0 Å². The first-order chi connectivity index (χ1) is 6.23. The highest BCUT2D eigenvalue weighted by Crippen LogP contribution is 2.55. The Labute approximate surface area is 83.5 Å². The Morgan fingerprint density at radius 1 is 1.36 bits per heavy atom. The number of carboxylic acid groups (broad SMARTS) is 1. The van der Waals surface area contributed by atoms with Gasteiger partial charge in [0.2, 0.25) is 5.91 Å². The van der Waals surface area contributed by atoms with Crippen LogP contribution in [-0.4, -0.2) is 11.9 Å². The van der Waals surface area contributed by atoms with Gasteiger partial charge in [0.25, 0.3) is 0 Å². The minimum absolute atomic E-state index is 0.370. The zero-order valence-corrected chi connectivity index (χ0v) is 8.79. The zero-order valence-electron chi connectivity index (χ0n) is 8.79. The van der Waals surface area contributed by atoms with Crippen LogP contribution >= 0.6 is 0 Å². The average molecular weight is 198 g/mol. The highest BCUT2D eigenvalue weighted by atomic mass is 16.4. The van der Waals surface area contributed by atoms with Gasteiger partial charge in [-0.2, -0.15) is 0 Å². The van der Waals surface area contributed by atoms with Crippen LogP contribution < -0.4 is 10.8 Å². The Hall–Kier alpha value is -1.06. The van der Waals surface area contributed by atoms with E-state index in [4.69, 9.17) is 5.73 Å². The molecular weight excluding hydrogens is 182 g/mol. The van der Waals surface area contributed by atoms with Crippen molar-refractivity contribution in [3.05, 3.63) is 0 Å². The van der Waals surface area contributed by atoms with Crippen molar-refractivity contribution < 1.29 is 14.7 Å². The number of nitrogens with two attached hydrogens (primary N) is 1. The molecule has 2 atom stereocenters. The molecule has 1 amide bonds. The van der Waals surface area contributed by atoms with Crippen LogP contribution in [-0.2, 0) is 9.59 Å². The predicted molar refractivity (Wildman–Crippen MR) is 48.8 cm³/mol. The van der Waals surface area contributed by atoms with Crippen molar-refractivity contribution in [1.29, 1.82) is 0 Å². The largest absolute Gasteiger partial charge is 0.550 e. The third-order valence-corrected chi connectivity index (χ3v) is 4.02. The third-order valence-electron chi connectivity index (χ3n) is 4.02. The fourth-order valence-electron chi connectivity index (χ4n) is 2.36. The fraction of sp³-hybridized carbons (Fsp3) is 0.800. The summed E-state index contributed by atoms with van der Waals surface area (Å²) < 4.78 is 0. The molecule has 1 aliphatic carbocycles. The summed E-state index contributed by atoms with van der Waals surface area (Å²) in [6.07, 6.45) is 0.989. The number of hydrogen-bond acceptors (Lipinski definition) is 3. The van der Waals surface area contributed by atoms with Gasteiger partial charge in [0.1, 0.15) is 0 Å². The molecule has 0 bridgehead atoms. The predicted octanol–water partition coefficient (Wildman–Crippen LogP) is -0.336. The first-order valence-electron chi connectivity index (χ1n) is 4.74. The zero-order chi connectivity index (χ0) is 11.1. The molecule has 0 aromatic carbocycles. The lowest BCUT2D eigenvalue weighted by molar-refractivity contribution is -0.323. The highest BCUT2D eigenvalue weighted by molar-refractivity contribution is 5.82. The Bertz CT molecular complexity index is 285. The molecule has 1 fully saturated rings. The molecule has 0 saturated heterocycles. The van der Waals surface area contributed by atoms with Crippen molar-refractivity contribution in [3.63, 3.8) is 0 Å². The molecule has 0 aromatic heterocycles. The van der Waals surface area contributed by atoms with Gasteiger partial charge >= 0.3 is 0 Å². The van der Waals surface area contributed by atoms with E-state index >= 15 is 0 Å². The Balaban J connectivity index is 3.08. The van der Waals surface area contributed by atoms with E-state index in [0.29, 0.717) is 12.8 Å². The minimum atomic E-state index is -1.09. The summed E-state index contributed by atoms with van der Waals surface area (Å²) in [6.45, 7) is 5.17. The van der Waals surface area contributed by atoms with Crippen molar-refractivity contribution in [2.75, 3.05) is 0 Å². The van der Waals surface area contributed by atoms with Gasteiger partial charge in [-0.3, -0.25) is 4.79 Å². The van der Waals surface area contributed by atoms with Crippen LogP contribution in [0.25, 0.3) is 0 Å².